The Labute approximate surface area is 193 Å². The quantitative estimate of drug-likeness (QED) is 0.476. The van der Waals surface area contributed by atoms with Crippen molar-refractivity contribution < 1.29 is 18.3 Å². The minimum Gasteiger partial charge on any atom is -0.418 e. The highest BCUT2D eigenvalue weighted by Crippen LogP contribution is 2.69. The summed E-state index contributed by atoms with van der Waals surface area (Å²) < 4.78 is 34.4. The zero-order chi connectivity index (χ0) is 23.7. The Morgan fingerprint density at radius 1 is 1.06 bits per heavy atom. The lowest BCUT2D eigenvalue weighted by Gasteiger charge is -2.37. The van der Waals surface area contributed by atoms with Crippen LogP contribution in [0.1, 0.15) is 55.4 Å². The molecule has 2 aliphatic rings. The van der Waals surface area contributed by atoms with Gasteiger partial charge in [0, 0.05) is 11.8 Å². The average molecular weight is 461 g/mol. The number of fused-ring (bicyclic) bond motifs is 5. The summed E-state index contributed by atoms with van der Waals surface area (Å²) in [5, 5.41) is 25.9. The van der Waals surface area contributed by atoms with Gasteiger partial charge in [0.25, 0.3) is 0 Å². The van der Waals surface area contributed by atoms with Gasteiger partial charge in [-0.2, -0.15) is 5.10 Å². The minimum absolute atomic E-state index is 0.137. The monoisotopic (exact) mass is 461 g/mol. The predicted molar refractivity (Wildman–Crippen MR) is 117 cm³/mol. The number of hydrogen-bond acceptors (Lipinski definition) is 7. The van der Waals surface area contributed by atoms with Crippen LogP contribution in [0.3, 0.4) is 0 Å². The number of aliphatic hydroxyl groups is 1. The molecule has 0 unspecified atom stereocenters. The van der Waals surface area contributed by atoms with E-state index in [-0.39, 0.29) is 35.1 Å². The maximum absolute atomic E-state index is 14.4. The molecule has 0 aliphatic heterocycles. The van der Waals surface area contributed by atoms with Gasteiger partial charge in [-0.05, 0) is 60.1 Å². The topological polar surface area (TPSA) is 97.8 Å². The number of halogens is 2. The fraction of sp³-hybridized carbons (Fsp3) is 0.320. The maximum Gasteiger partial charge on any atom is 0.247 e. The Balaban J connectivity index is 1.51. The van der Waals surface area contributed by atoms with Crippen molar-refractivity contribution in [2.75, 3.05) is 0 Å². The van der Waals surface area contributed by atoms with E-state index in [0.717, 1.165) is 29.8 Å². The number of rotatable bonds is 4. The first-order valence-corrected chi connectivity index (χ1v) is 11.1. The molecule has 0 saturated heterocycles. The lowest BCUT2D eigenvalue weighted by atomic mass is 9.66. The van der Waals surface area contributed by atoms with Crippen LogP contribution < -0.4 is 0 Å². The van der Waals surface area contributed by atoms with Crippen LogP contribution in [0.15, 0.2) is 47.0 Å². The van der Waals surface area contributed by atoms with Crippen LogP contribution in [0.5, 0.6) is 0 Å². The third-order valence-electron chi connectivity index (χ3n) is 7.65. The van der Waals surface area contributed by atoms with E-state index >= 15 is 0 Å². The lowest BCUT2D eigenvalue weighted by Crippen LogP contribution is -2.37. The first kappa shape index (κ1) is 21.0. The van der Waals surface area contributed by atoms with E-state index in [1.165, 1.54) is 18.2 Å². The summed E-state index contributed by atoms with van der Waals surface area (Å²) in [4.78, 5) is 4.72. The van der Waals surface area contributed by atoms with Gasteiger partial charge in [-0.3, -0.25) is 4.98 Å². The Kier molecular flexibility index (Phi) is 4.44. The van der Waals surface area contributed by atoms with Gasteiger partial charge in [0.2, 0.25) is 11.8 Å². The fourth-order valence-electron chi connectivity index (χ4n) is 5.99. The Hall–Kier alpha value is -3.59. The molecule has 9 heteroatoms. The Bertz CT molecular complexity index is 1420. The first-order valence-electron chi connectivity index (χ1n) is 11.1. The minimum atomic E-state index is -0.664. The van der Waals surface area contributed by atoms with Crippen molar-refractivity contribution in [3.8, 4) is 22.7 Å². The van der Waals surface area contributed by atoms with Crippen molar-refractivity contribution in [1.29, 1.82) is 0 Å². The lowest BCUT2D eigenvalue weighted by molar-refractivity contribution is 0.241. The number of nitrogens with zero attached hydrogens (tertiary/aromatic N) is 5. The molecule has 6 rings (SSSR count). The SMILES string of the molecule is CC1(C)[C@H]2CC[C@]1(c1cc(-c3nnc(CO)o3)ccn1)c1nnc(-c3c(F)cccc3F)cc12. The molecular weight excluding hydrogens is 440 g/mol. The molecule has 0 spiro atoms. The molecule has 1 saturated carbocycles. The zero-order valence-electron chi connectivity index (χ0n) is 18.6. The summed E-state index contributed by atoms with van der Waals surface area (Å²) in [7, 11) is 0. The largest absolute Gasteiger partial charge is 0.418 e. The number of hydrogen-bond donors (Lipinski definition) is 1. The maximum atomic E-state index is 14.4. The molecule has 7 nitrogen and oxygen atoms in total. The van der Waals surface area contributed by atoms with Crippen molar-refractivity contribution in [3.05, 3.63) is 77.1 Å². The molecule has 1 aromatic carbocycles. The van der Waals surface area contributed by atoms with Crippen LogP contribution in [0.25, 0.3) is 22.7 Å². The van der Waals surface area contributed by atoms with Crippen molar-refractivity contribution >= 4 is 0 Å². The summed E-state index contributed by atoms with van der Waals surface area (Å²) in [6.45, 7) is 4.03. The second-order valence-corrected chi connectivity index (χ2v) is 9.44. The van der Waals surface area contributed by atoms with Gasteiger partial charge < -0.3 is 9.52 Å². The van der Waals surface area contributed by atoms with Gasteiger partial charge in [-0.25, -0.2) is 8.78 Å². The third kappa shape index (κ3) is 2.67. The van der Waals surface area contributed by atoms with Crippen LogP contribution in [-0.2, 0) is 12.0 Å². The molecule has 2 aliphatic carbocycles. The molecule has 4 aromatic rings. The number of aliphatic hydroxyl groups excluding tert-OH is 1. The normalized spacial score (nSPS) is 22.2. The Morgan fingerprint density at radius 2 is 1.85 bits per heavy atom. The van der Waals surface area contributed by atoms with Gasteiger partial charge in [0.1, 0.15) is 18.2 Å². The van der Waals surface area contributed by atoms with Crippen LogP contribution in [0.2, 0.25) is 0 Å². The van der Waals surface area contributed by atoms with E-state index in [9.17, 15) is 13.9 Å². The number of pyridine rings is 1. The van der Waals surface area contributed by atoms with Gasteiger partial charge in [0.05, 0.1) is 28.1 Å². The van der Waals surface area contributed by atoms with Crippen LogP contribution in [-0.4, -0.2) is 30.5 Å². The average Bonchev–Trinajstić information content (AvgIpc) is 3.47. The zero-order valence-corrected chi connectivity index (χ0v) is 18.6. The predicted octanol–water partition coefficient (Wildman–Crippen LogP) is 4.56. The summed E-state index contributed by atoms with van der Waals surface area (Å²) in [6, 6.07) is 9.26. The molecule has 34 heavy (non-hydrogen) atoms. The van der Waals surface area contributed by atoms with Crippen LogP contribution in [0.4, 0.5) is 8.78 Å². The highest BCUT2D eigenvalue weighted by atomic mass is 19.1. The molecule has 172 valence electrons. The molecule has 1 fully saturated rings. The Morgan fingerprint density at radius 3 is 2.59 bits per heavy atom. The van der Waals surface area contributed by atoms with E-state index in [1.807, 2.05) is 6.07 Å². The molecule has 3 aromatic heterocycles. The van der Waals surface area contributed by atoms with E-state index in [1.54, 1.807) is 18.3 Å². The first-order chi connectivity index (χ1) is 16.4. The van der Waals surface area contributed by atoms with Crippen LogP contribution >= 0.6 is 0 Å². The smallest absolute Gasteiger partial charge is 0.247 e. The summed E-state index contributed by atoms with van der Waals surface area (Å²) in [5.41, 5.74) is 2.49. The summed E-state index contributed by atoms with van der Waals surface area (Å²) in [6.07, 6.45) is 3.41. The summed E-state index contributed by atoms with van der Waals surface area (Å²) in [5.74, 6) is -0.754. The standard InChI is InChI=1S/C25H21F2N5O2/c1-24(2)15-6-8-25(24,19-10-13(7-9-28-19)23-32-30-20(12-33)34-23)22-14(15)11-18(29-31-22)21-16(26)4-3-5-17(21)27/h3-5,7,9-11,15,33H,6,8,12H2,1-2H3/t15-,25-/m0/s1. The van der Waals surface area contributed by atoms with Crippen molar-refractivity contribution in [2.45, 2.75) is 44.6 Å². The van der Waals surface area contributed by atoms with Crippen LogP contribution in [0, 0.1) is 17.0 Å². The highest BCUT2D eigenvalue weighted by Gasteiger charge is 2.65. The number of aromatic nitrogens is 5. The third-order valence-corrected chi connectivity index (χ3v) is 7.65. The molecular formula is C25H21F2N5O2. The molecule has 2 atom stereocenters. The van der Waals surface area contributed by atoms with Gasteiger partial charge in [0.15, 0.2) is 0 Å². The summed E-state index contributed by atoms with van der Waals surface area (Å²) >= 11 is 0. The van der Waals surface area contributed by atoms with E-state index in [0.29, 0.717) is 11.5 Å². The fourth-order valence-corrected chi connectivity index (χ4v) is 5.99. The number of benzene rings is 1. The molecule has 0 amide bonds. The molecule has 3 heterocycles. The van der Waals surface area contributed by atoms with Gasteiger partial charge in [-0.15, -0.1) is 15.3 Å². The van der Waals surface area contributed by atoms with E-state index in [4.69, 9.17) is 9.40 Å². The van der Waals surface area contributed by atoms with Gasteiger partial charge in [-0.1, -0.05) is 19.9 Å². The van der Waals surface area contributed by atoms with Crippen molar-refractivity contribution in [2.24, 2.45) is 5.41 Å². The molecule has 0 radical (unpaired) electrons. The molecule has 2 bridgehead atoms. The van der Waals surface area contributed by atoms with E-state index in [2.05, 4.69) is 34.2 Å². The second-order valence-electron chi connectivity index (χ2n) is 9.44. The van der Waals surface area contributed by atoms with Gasteiger partial charge >= 0.3 is 0 Å². The van der Waals surface area contributed by atoms with E-state index < -0.39 is 17.0 Å². The van der Waals surface area contributed by atoms with Crippen molar-refractivity contribution in [1.82, 2.24) is 25.4 Å². The van der Waals surface area contributed by atoms with Crippen molar-refractivity contribution in [3.63, 3.8) is 0 Å². The second kappa shape index (κ2) is 7.20. The highest BCUT2D eigenvalue weighted by molar-refractivity contribution is 5.64. The molecule has 1 N–H and O–H groups in total.